The highest BCUT2D eigenvalue weighted by atomic mass is 35.5. The van der Waals surface area contributed by atoms with E-state index in [1.807, 2.05) is 75.4 Å². The van der Waals surface area contributed by atoms with Gasteiger partial charge in [0.2, 0.25) is 11.8 Å². The van der Waals surface area contributed by atoms with Crippen molar-refractivity contribution < 1.29 is 9.59 Å². The van der Waals surface area contributed by atoms with E-state index in [9.17, 15) is 9.59 Å². The lowest BCUT2D eigenvalue weighted by Crippen LogP contribution is -2.52. The van der Waals surface area contributed by atoms with Crippen LogP contribution in [0.15, 0.2) is 72.8 Å². The van der Waals surface area contributed by atoms with Crippen molar-refractivity contribution in [3.8, 4) is 0 Å². The highest BCUT2D eigenvalue weighted by Gasteiger charge is 2.31. The second-order valence-electron chi connectivity index (χ2n) is 9.26. The number of rotatable bonds is 12. The van der Waals surface area contributed by atoms with Crippen LogP contribution in [0.3, 0.4) is 0 Å². The molecule has 3 aromatic carbocycles. The smallest absolute Gasteiger partial charge is 0.243 e. The Balaban J connectivity index is 1.86. The van der Waals surface area contributed by atoms with Crippen LogP contribution in [0, 0.1) is 6.92 Å². The Labute approximate surface area is 234 Å². The first kappa shape index (κ1) is 29.1. The molecule has 0 aromatic heterocycles. The summed E-state index contributed by atoms with van der Waals surface area (Å²) in [7, 11) is 0. The number of hydrogen-bond donors (Lipinski definition) is 1. The topological polar surface area (TPSA) is 49.4 Å². The highest BCUT2D eigenvalue weighted by Crippen LogP contribution is 2.25. The molecule has 3 rings (SSSR count). The molecule has 0 aliphatic carbocycles. The third-order valence-corrected chi connectivity index (χ3v) is 7.76. The molecule has 37 heavy (non-hydrogen) atoms. The van der Waals surface area contributed by atoms with E-state index in [0.29, 0.717) is 28.8 Å². The van der Waals surface area contributed by atoms with Crippen LogP contribution in [-0.2, 0) is 28.3 Å². The second-order valence-corrected chi connectivity index (χ2v) is 11.1. The third kappa shape index (κ3) is 9.10. The van der Waals surface area contributed by atoms with Crippen LogP contribution in [-0.4, -0.2) is 34.6 Å². The fourth-order valence-electron chi connectivity index (χ4n) is 3.97. The molecule has 0 radical (unpaired) electrons. The van der Waals surface area contributed by atoms with Gasteiger partial charge in [-0.25, -0.2) is 0 Å². The van der Waals surface area contributed by atoms with Crippen LogP contribution < -0.4 is 5.32 Å². The molecule has 0 aliphatic heterocycles. The van der Waals surface area contributed by atoms with Gasteiger partial charge in [0.05, 0.1) is 5.75 Å². The van der Waals surface area contributed by atoms with Crippen molar-refractivity contribution in [2.75, 3.05) is 5.75 Å². The van der Waals surface area contributed by atoms with Gasteiger partial charge in [0.15, 0.2) is 0 Å². The van der Waals surface area contributed by atoms with Gasteiger partial charge in [0.1, 0.15) is 6.04 Å². The van der Waals surface area contributed by atoms with Crippen molar-refractivity contribution in [1.29, 1.82) is 0 Å². The molecule has 2 atom stereocenters. The number of halogens is 2. The number of nitrogens with one attached hydrogen (secondary N) is 1. The molecule has 3 aromatic rings. The van der Waals surface area contributed by atoms with E-state index in [2.05, 4.69) is 11.4 Å². The SMILES string of the molecule is CC[C@@H](C)NC(=O)[C@@H](Cc1ccccc1)N(Cc1cccc(C)c1)C(=O)CSCc1ccc(Cl)cc1Cl. The van der Waals surface area contributed by atoms with Gasteiger partial charge < -0.3 is 10.2 Å². The number of thioether (sulfide) groups is 1. The van der Waals surface area contributed by atoms with E-state index in [4.69, 9.17) is 23.2 Å². The van der Waals surface area contributed by atoms with Crippen LogP contribution in [0.25, 0.3) is 0 Å². The summed E-state index contributed by atoms with van der Waals surface area (Å²) < 4.78 is 0. The van der Waals surface area contributed by atoms with Crippen LogP contribution in [0.1, 0.15) is 42.5 Å². The Kier molecular flexibility index (Phi) is 11.4. The van der Waals surface area contributed by atoms with Gasteiger partial charge in [-0.1, -0.05) is 96.4 Å². The van der Waals surface area contributed by atoms with E-state index in [0.717, 1.165) is 28.7 Å². The molecule has 0 bridgehead atoms. The molecule has 4 nitrogen and oxygen atoms in total. The summed E-state index contributed by atoms with van der Waals surface area (Å²) in [6.45, 7) is 6.40. The van der Waals surface area contributed by atoms with E-state index < -0.39 is 6.04 Å². The molecular weight excluding hydrogens is 523 g/mol. The Morgan fingerprint density at radius 1 is 0.973 bits per heavy atom. The first-order chi connectivity index (χ1) is 17.8. The summed E-state index contributed by atoms with van der Waals surface area (Å²) in [5.74, 6) is 0.580. The molecule has 1 N–H and O–H groups in total. The Morgan fingerprint density at radius 3 is 2.38 bits per heavy atom. The van der Waals surface area contributed by atoms with Gasteiger partial charge in [-0.3, -0.25) is 9.59 Å². The number of nitrogens with zero attached hydrogens (tertiary/aromatic N) is 1. The number of hydrogen-bond acceptors (Lipinski definition) is 3. The van der Waals surface area contributed by atoms with Gasteiger partial charge in [-0.05, 0) is 49.1 Å². The fourth-order valence-corrected chi connectivity index (χ4v) is 5.44. The Bertz CT molecular complexity index is 1190. The number of benzene rings is 3. The zero-order valence-corrected chi connectivity index (χ0v) is 23.9. The molecule has 0 fully saturated rings. The zero-order chi connectivity index (χ0) is 26.8. The molecule has 196 valence electrons. The van der Waals surface area contributed by atoms with Crippen molar-refractivity contribution in [3.63, 3.8) is 0 Å². The minimum atomic E-state index is -0.635. The van der Waals surface area contributed by atoms with Crippen LogP contribution in [0.5, 0.6) is 0 Å². The number of aryl methyl sites for hydroxylation is 1. The summed E-state index contributed by atoms with van der Waals surface area (Å²) in [5.41, 5.74) is 4.03. The normalized spacial score (nSPS) is 12.6. The number of carbonyl (C=O) groups is 2. The van der Waals surface area contributed by atoms with Crippen LogP contribution in [0.2, 0.25) is 10.0 Å². The maximum absolute atomic E-state index is 13.7. The monoisotopic (exact) mass is 556 g/mol. The molecule has 0 aliphatic rings. The first-order valence-electron chi connectivity index (χ1n) is 12.5. The summed E-state index contributed by atoms with van der Waals surface area (Å²) in [6, 6.07) is 22.7. The molecule has 7 heteroatoms. The highest BCUT2D eigenvalue weighted by molar-refractivity contribution is 7.99. The van der Waals surface area contributed by atoms with E-state index >= 15 is 0 Å². The molecule has 0 spiro atoms. The van der Waals surface area contributed by atoms with Crippen LogP contribution in [0.4, 0.5) is 0 Å². The zero-order valence-electron chi connectivity index (χ0n) is 21.5. The summed E-state index contributed by atoms with van der Waals surface area (Å²) in [6.07, 6.45) is 1.25. The molecule has 0 unspecified atom stereocenters. The largest absolute Gasteiger partial charge is 0.352 e. The summed E-state index contributed by atoms with van der Waals surface area (Å²) in [5, 5.41) is 4.27. The minimum absolute atomic E-state index is 0.0168. The third-order valence-electron chi connectivity index (χ3n) is 6.21. The maximum Gasteiger partial charge on any atom is 0.243 e. The van der Waals surface area contributed by atoms with E-state index in [1.54, 1.807) is 17.0 Å². The lowest BCUT2D eigenvalue weighted by Gasteiger charge is -2.32. The summed E-state index contributed by atoms with van der Waals surface area (Å²) >= 11 is 13.8. The Hall–Kier alpha value is -2.47. The second kappa shape index (κ2) is 14.5. The molecular formula is C30H34Cl2N2O2S. The van der Waals surface area contributed by atoms with Gasteiger partial charge in [0, 0.05) is 34.8 Å². The quantitative estimate of drug-likeness (QED) is 0.259. The van der Waals surface area contributed by atoms with Gasteiger partial charge >= 0.3 is 0 Å². The van der Waals surface area contributed by atoms with E-state index in [-0.39, 0.29) is 23.6 Å². The van der Waals surface area contributed by atoms with Crippen LogP contribution >= 0.6 is 35.0 Å². The van der Waals surface area contributed by atoms with E-state index in [1.165, 1.54) is 11.8 Å². The molecule has 0 heterocycles. The standard InChI is InChI=1S/C30H34Cl2N2O2S/c1-4-22(3)33-30(36)28(16-23-10-6-5-7-11-23)34(18-24-12-8-9-21(2)15-24)29(35)20-37-19-25-13-14-26(31)17-27(25)32/h5-15,17,22,28H,4,16,18-20H2,1-3H3,(H,33,36)/t22-,28-/m1/s1. The summed E-state index contributed by atoms with van der Waals surface area (Å²) in [4.78, 5) is 29.0. The maximum atomic E-state index is 13.7. The fraction of sp³-hybridized carbons (Fsp3) is 0.333. The van der Waals surface area contributed by atoms with Crippen molar-refractivity contribution in [2.45, 2.75) is 58.0 Å². The van der Waals surface area contributed by atoms with Crippen molar-refractivity contribution in [1.82, 2.24) is 10.2 Å². The van der Waals surface area contributed by atoms with Gasteiger partial charge in [-0.2, -0.15) is 0 Å². The van der Waals surface area contributed by atoms with Crippen molar-refractivity contribution >= 4 is 46.8 Å². The first-order valence-corrected chi connectivity index (χ1v) is 14.4. The number of amides is 2. The minimum Gasteiger partial charge on any atom is -0.352 e. The Morgan fingerprint density at radius 2 is 1.70 bits per heavy atom. The van der Waals surface area contributed by atoms with Crippen molar-refractivity contribution in [2.24, 2.45) is 0 Å². The van der Waals surface area contributed by atoms with Crippen molar-refractivity contribution in [3.05, 3.63) is 105 Å². The lowest BCUT2D eigenvalue weighted by molar-refractivity contribution is -0.139. The number of carbonyl (C=O) groups excluding carboxylic acids is 2. The average Bonchev–Trinajstić information content (AvgIpc) is 2.87. The molecule has 0 saturated carbocycles. The lowest BCUT2D eigenvalue weighted by atomic mass is 10.0. The predicted octanol–water partition coefficient (Wildman–Crippen LogP) is 7.09. The average molecular weight is 558 g/mol. The predicted molar refractivity (Wildman–Crippen MR) is 156 cm³/mol. The molecule has 0 saturated heterocycles. The van der Waals surface area contributed by atoms with Gasteiger partial charge in [0.25, 0.3) is 0 Å². The van der Waals surface area contributed by atoms with Gasteiger partial charge in [-0.15, -0.1) is 11.8 Å². The molecule has 2 amide bonds.